The molecule has 5 nitrogen and oxygen atoms in total. The lowest BCUT2D eigenvalue weighted by atomic mass is 9.92. The summed E-state index contributed by atoms with van der Waals surface area (Å²) in [6.45, 7) is 4.79. The molecular weight excluding hydrogens is 196 g/mol. The zero-order valence-corrected chi connectivity index (χ0v) is 9.03. The maximum absolute atomic E-state index is 11.5. The van der Waals surface area contributed by atoms with Crippen molar-refractivity contribution < 1.29 is 14.4 Å². The lowest BCUT2D eigenvalue weighted by molar-refractivity contribution is -0.140. The lowest BCUT2D eigenvalue weighted by Gasteiger charge is -2.25. The molecule has 0 spiro atoms. The molecule has 0 radical (unpaired) electrons. The van der Waals surface area contributed by atoms with E-state index in [0.717, 1.165) is 4.90 Å². The molecular formula is C10H14N2O3. The summed E-state index contributed by atoms with van der Waals surface area (Å²) >= 11 is 0. The van der Waals surface area contributed by atoms with Crippen LogP contribution in [0.1, 0.15) is 20.8 Å². The van der Waals surface area contributed by atoms with E-state index in [1.807, 2.05) is 0 Å². The second-order valence-corrected chi connectivity index (χ2v) is 4.31. The van der Waals surface area contributed by atoms with Crippen molar-refractivity contribution in [3.63, 3.8) is 0 Å². The van der Waals surface area contributed by atoms with Crippen molar-refractivity contribution in [1.29, 1.82) is 0 Å². The molecule has 3 amide bonds. The van der Waals surface area contributed by atoms with Gasteiger partial charge in [0.2, 0.25) is 5.91 Å². The third-order valence-electron chi connectivity index (χ3n) is 2.41. The summed E-state index contributed by atoms with van der Waals surface area (Å²) in [6, 6.07) is 0. The van der Waals surface area contributed by atoms with Crippen LogP contribution in [0.3, 0.4) is 0 Å². The average molecular weight is 210 g/mol. The van der Waals surface area contributed by atoms with E-state index in [4.69, 9.17) is 5.73 Å². The molecule has 0 aromatic heterocycles. The molecule has 0 fully saturated rings. The van der Waals surface area contributed by atoms with Gasteiger partial charge in [-0.3, -0.25) is 19.3 Å². The van der Waals surface area contributed by atoms with E-state index in [0.29, 0.717) is 5.57 Å². The van der Waals surface area contributed by atoms with E-state index < -0.39 is 11.3 Å². The highest BCUT2D eigenvalue weighted by Crippen LogP contribution is 2.21. The fourth-order valence-electron chi connectivity index (χ4n) is 1.26. The van der Waals surface area contributed by atoms with Crippen molar-refractivity contribution >= 4 is 17.7 Å². The van der Waals surface area contributed by atoms with E-state index in [-0.39, 0.29) is 18.4 Å². The first-order valence-corrected chi connectivity index (χ1v) is 4.60. The number of rotatable bonds is 3. The largest absolute Gasteiger partial charge is 0.369 e. The quantitative estimate of drug-likeness (QED) is 0.656. The maximum Gasteiger partial charge on any atom is 0.256 e. The Labute approximate surface area is 87.9 Å². The number of hydrogen-bond donors (Lipinski definition) is 1. The van der Waals surface area contributed by atoms with Gasteiger partial charge < -0.3 is 5.73 Å². The Hall–Kier alpha value is -1.65. The van der Waals surface area contributed by atoms with Crippen LogP contribution in [0.5, 0.6) is 0 Å². The normalized spacial score (nSPS) is 17.0. The summed E-state index contributed by atoms with van der Waals surface area (Å²) in [4.78, 5) is 35.0. The third kappa shape index (κ3) is 2.06. The smallest absolute Gasteiger partial charge is 0.256 e. The Kier molecular flexibility index (Phi) is 2.66. The van der Waals surface area contributed by atoms with Gasteiger partial charge in [-0.25, -0.2) is 0 Å². The molecule has 2 N–H and O–H groups in total. The van der Waals surface area contributed by atoms with E-state index in [1.165, 1.54) is 6.08 Å². The van der Waals surface area contributed by atoms with Crippen LogP contribution in [0.25, 0.3) is 0 Å². The van der Waals surface area contributed by atoms with E-state index in [1.54, 1.807) is 20.8 Å². The van der Waals surface area contributed by atoms with Crippen LogP contribution in [0, 0.1) is 5.41 Å². The van der Waals surface area contributed by atoms with Crippen LogP contribution in [-0.2, 0) is 14.4 Å². The summed E-state index contributed by atoms with van der Waals surface area (Å²) in [7, 11) is 0. The Morgan fingerprint density at radius 2 is 2.00 bits per heavy atom. The fraction of sp³-hybridized carbons (Fsp3) is 0.500. The van der Waals surface area contributed by atoms with Crippen LogP contribution >= 0.6 is 0 Å². The van der Waals surface area contributed by atoms with Gasteiger partial charge in [-0.1, -0.05) is 0 Å². The maximum atomic E-state index is 11.5. The molecule has 0 bridgehead atoms. The number of carbonyl (C=O) groups excluding carboxylic acids is 3. The Morgan fingerprint density at radius 3 is 2.33 bits per heavy atom. The van der Waals surface area contributed by atoms with Gasteiger partial charge in [0.25, 0.3) is 11.8 Å². The zero-order valence-electron chi connectivity index (χ0n) is 9.03. The topological polar surface area (TPSA) is 80.5 Å². The van der Waals surface area contributed by atoms with Gasteiger partial charge in [0.05, 0.1) is 5.41 Å². The molecule has 82 valence electrons. The summed E-state index contributed by atoms with van der Waals surface area (Å²) in [6.07, 6.45) is 1.26. The molecule has 0 aromatic carbocycles. The minimum atomic E-state index is -0.899. The van der Waals surface area contributed by atoms with Crippen molar-refractivity contribution in [1.82, 2.24) is 4.90 Å². The number of imide groups is 1. The van der Waals surface area contributed by atoms with Crippen molar-refractivity contribution in [2.45, 2.75) is 20.8 Å². The van der Waals surface area contributed by atoms with Gasteiger partial charge in [0.1, 0.15) is 0 Å². The second kappa shape index (κ2) is 3.49. The second-order valence-electron chi connectivity index (χ2n) is 4.31. The number of hydrogen-bond acceptors (Lipinski definition) is 3. The first kappa shape index (κ1) is 11.4. The molecule has 0 saturated carbocycles. The Balaban J connectivity index is 2.82. The lowest BCUT2D eigenvalue weighted by Crippen LogP contribution is -2.45. The first-order valence-electron chi connectivity index (χ1n) is 4.60. The molecule has 0 aromatic rings. The Morgan fingerprint density at radius 1 is 1.47 bits per heavy atom. The van der Waals surface area contributed by atoms with Crippen LogP contribution in [-0.4, -0.2) is 29.2 Å². The van der Waals surface area contributed by atoms with Gasteiger partial charge in [0, 0.05) is 18.2 Å². The molecule has 0 unspecified atom stereocenters. The van der Waals surface area contributed by atoms with Crippen molar-refractivity contribution in [2.24, 2.45) is 11.1 Å². The number of carbonyl (C=O) groups is 3. The standard InChI is InChI=1S/C10H14N2O3/c1-6-4-7(13)12(8(6)14)5-10(2,3)9(11)15/h4H,5H2,1-3H3,(H2,11,15). The average Bonchev–Trinajstić information content (AvgIpc) is 2.32. The van der Waals surface area contributed by atoms with Crippen molar-refractivity contribution in [2.75, 3.05) is 6.54 Å². The zero-order chi connectivity index (χ0) is 11.8. The number of amides is 3. The highest BCUT2D eigenvalue weighted by atomic mass is 16.2. The summed E-state index contributed by atoms with van der Waals surface area (Å²) in [5, 5.41) is 0. The van der Waals surface area contributed by atoms with Gasteiger partial charge in [0.15, 0.2) is 0 Å². The highest BCUT2D eigenvalue weighted by Gasteiger charge is 2.36. The summed E-state index contributed by atoms with van der Waals surface area (Å²) in [5.74, 6) is -1.27. The summed E-state index contributed by atoms with van der Waals surface area (Å²) < 4.78 is 0. The molecule has 0 saturated heterocycles. The fourth-order valence-corrected chi connectivity index (χ4v) is 1.26. The number of nitrogens with two attached hydrogens (primary N) is 1. The van der Waals surface area contributed by atoms with Crippen LogP contribution in [0.4, 0.5) is 0 Å². The van der Waals surface area contributed by atoms with Crippen LogP contribution in [0.15, 0.2) is 11.6 Å². The molecule has 1 aliphatic rings. The van der Waals surface area contributed by atoms with Gasteiger partial charge >= 0.3 is 0 Å². The SMILES string of the molecule is CC1=CC(=O)N(CC(C)(C)C(N)=O)C1=O. The predicted molar refractivity (Wildman–Crippen MR) is 53.5 cm³/mol. The number of nitrogens with zero attached hydrogens (tertiary/aromatic N) is 1. The van der Waals surface area contributed by atoms with E-state index in [2.05, 4.69) is 0 Å². The molecule has 0 aliphatic carbocycles. The first-order chi connectivity index (χ1) is 6.75. The predicted octanol–water partition coefficient (Wildman–Crippen LogP) is -0.187. The third-order valence-corrected chi connectivity index (χ3v) is 2.41. The van der Waals surface area contributed by atoms with E-state index >= 15 is 0 Å². The minimum Gasteiger partial charge on any atom is -0.369 e. The molecule has 1 rings (SSSR count). The minimum absolute atomic E-state index is 0.0217. The Bertz CT molecular complexity index is 369. The summed E-state index contributed by atoms with van der Waals surface area (Å²) in [5.41, 5.74) is 4.66. The van der Waals surface area contributed by atoms with Crippen molar-refractivity contribution in [3.05, 3.63) is 11.6 Å². The number of primary amides is 1. The van der Waals surface area contributed by atoms with Gasteiger partial charge in [-0.2, -0.15) is 0 Å². The van der Waals surface area contributed by atoms with Crippen LogP contribution in [0.2, 0.25) is 0 Å². The molecule has 15 heavy (non-hydrogen) atoms. The van der Waals surface area contributed by atoms with E-state index in [9.17, 15) is 14.4 Å². The highest BCUT2D eigenvalue weighted by molar-refractivity contribution is 6.16. The molecule has 5 heteroatoms. The van der Waals surface area contributed by atoms with Crippen molar-refractivity contribution in [3.8, 4) is 0 Å². The monoisotopic (exact) mass is 210 g/mol. The molecule has 1 heterocycles. The molecule has 0 atom stereocenters. The molecule has 1 aliphatic heterocycles. The van der Waals surface area contributed by atoms with Crippen LogP contribution < -0.4 is 5.73 Å². The van der Waals surface area contributed by atoms with Gasteiger partial charge in [-0.05, 0) is 20.8 Å². The van der Waals surface area contributed by atoms with Gasteiger partial charge in [-0.15, -0.1) is 0 Å².